The maximum Gasteiger partial charge on any atom is 0.145 e. The molecule has 1 aromatic carbocycles. The zero-order valence-corrected chi connectivity index (χ0v) is 12.1. The number of rotatable bonds is 7. The number of benzene rings is 1. The van der Waals surface area contributed by atoms with Crippen molar-refractivity contribution in [2.24, 2.45) is 5.92 Å². The topological polar surface area (TPSA) is 71.0 Å². The summed E-state index contributed by atoms with van der Waals surface area (Å²) in [4.78, 5) is 0. The Labute approximate surface area is 115 Å². The first-order valence-corrected chi connectivity index (χ1v) is 6.45. The normalized spacial score (nSPS) is 9.63. The number of anilines is 1. The van der Waals surface area contributed by atoms with Crippen molar-refractivity contribution in [3.63, 3.8) is 0 Å². The lowest BCUT2D eigenvalue weighted by Crippen LogP contribution is -2.19. The molecule has 5 nitrogen and oxygen atoms in total. The van der Waals surface area contributed by atoms with Gasteiger partial charge in [-0.25, -0.2) is 0 Å². The Balaban J connectivity index is 0.00000154. The minimum Gasteiger partial charge on any atom is -0.494 e. The number of hydrogen-bond donors (Lipinski definition) is 3. The van der Waals surface area contributed by atoms with E-state index in [1.807, 2.05) is 27.0 Å². The van der Waals surface area contributed by atoms with E-state index >= 15 is 0 Å². The molecule has 0 unspecified atom stereocenters. The molecule has 0 aliphatic carbocycles. The molecule has 0 heterocycles. The molecule has 5 heteroatoms. The minimum absolute atomic E-state index is 0.0950. The molecule has 0 aliphatic rings. The molecule has 0 bridgehead atoms. The quantitative estimate of drug-likeness (QED) is 0.704. The first kappa shape index (κ1) is 17.5. The van der Waals surface area contributed by atoms with Crippen LogP contribution in [0.5, 0.6) is 11.5 Å². The summed E-state index contributed by atoms with van der Waals surface area (Å²) in [6.45, 7) is 4.08. The summed E-state index contributed by atoms with van der Waals surface area (Å²) in [6.07, 6.45) is 0. The largest absolute Gasteiger partial charge is 0.494 e. The summed E-state index contributed by atoms with van der Waals surface area (Å²) in [5.74, 6) is 1.08. The molecule has 0 fully saturated rings. The molecule has 19 heavy (non-hydrogen) atoms. The first-order chi connectivity index (χ1) is 9.24. The fraction of sp³-hybridized carbons (Fsp3) is 0.571. The SMILES string of the molecule is CC.CNc1ccc(OCC(CO)CO)cc1OC. The molecule has 1 aromatic rings. The highest BCUT2D eigenvalue weighted by atomic mass is 16.5. The van der Waals surface area contributed by atoms with Crippen molar-refractivity contribution in [2.45, 2.75) is 13.8 Å². The van der Waals surface area contributed by atoms with Crippen LogP contribution in [0.3, 0.4) is 0 Å². The molecule has 0 aromatic heterocycles. The van der Waals surface area contributed by atoms with Crippen molar-refractivity contribution in [1.29, 1.82) is 0 Å². The van der Waals surface area contributed by atoms with Crippen molar-refractivity contribution in [1.82, 2.24) is 0 Å². The second-order valence-corrected chi connectivity index (χ2v) is 3.65. The van der Waals surface area contributed by atoms with Crippen LogP contribution in [0.15, 0.2) is 18.2 Å². The van der Waals surface area contributed by atoms with Gasteiger partial charge in [-0.15, -0.1) is 0 Å². The van der Waals surface area contributed by atoms with Gasteiger partial charge in [0.1, 0.15) is 11.5 Å². The van der Waals surface area contributed by atoms with Gasteiger partial charge in [0, 0.05) is 19.0 Å². The van der Waals surface area contributed by atoms with Gasteiger partial charge in [0.2, 0.25) is 0 Å². The van der Waals surface area contributed by atoms with Gasteiger partial charge in [0.25, 0.3) is 0 Å². The molecular formula is C14H25NO4. The molecule has 110 valence electrons. The number of aliphatic hydroxyl groups excluding tert-OH is 2. The number of hydrogen-bond acceptors (Lipinski definition) is 5. The Morgan fingerprint density at radius 1 is 1.21 bits per heavy atom. The lowest BCUT2D eigenvalue weighted by molar-refractivity contribution is 0.106. The Hall–Kier alpha value is -1.46. The average Bonchev–Trinajstić information content (AvgIpc) is 2.50. The molecule has 0 spiro atoms. The second kappa shape index (κ2) is 10.5. The van der Waals surface area contributed by atoms with E-state index in [0.29, 0.717) is 11.5 Å². The van der Waals surface area contributed by atoms with Crippen LogP contribution in [-0.2, 0) is 0 Å². The van der Waals surface area contributed by atoms with Gasteiger partial charge in [0.05, 0.1) is 32.6 Å². The van der Waals surface area contributed by atoms with Gasteiger partial charge < -0.3 is 25.0 Å². The molecule has 0 radical (unpaired) electrons. The predicted octanol–water partition coefficient (Wildman–Crippen LogP) is 1.74. The number of methoxy groups -OCH3 is 1. The molecule has 0 atom stereocenters. The predicted molar refractivity (Wildman–Crippen MR) is 77.0 cm³/mol. The maximum atomic E-state index is 8.91. The van der Waals surface area contributed by atoms with Crippen LogP contribution < -0.4 is 14.8 Å². The van der Waals surface area contributed by atoms with E-state index in [9.17, 15) is 0 Å². The summed E-state index contributed by atoms with van der Waals surface area (Å²) < 4.78 is 10.7. The van der Waals surface area contributed by atoms with E-state index in [2.05, 4.69) is 5.32 Å². The molecule has 1 rings (SSSR count). The van der Waals surface area contributed by atoms with E-state index < -0.39 is 0 Å². The summed E-state index contributed by atoms with van der Waals surface area (Å²) in [5, 5.41) is 20.8. The summed E-state index contributed by atoms with van der Waals surface area (Å²) in [6, 6.07) is 5.42. The van der Waals surface area contributed by atoms with Crippen LogP contribution in [-0.4, -0.2) is 44.2 Å². The highest BCUT2D eigenvalue weighted by Gasteiger charge is 2.08. The van der Waals surface area contributed by atoms with Gasteiger partial charge in [-0.3, -0.25) is 0 Å². The van der Waals surface area contributed by atoms with E-state index in [-0.39, 0.29) is 25.7 Å². The van der Waals surface area contributed by atoms with Crippen LogP contribution >= 0.6 is 0 Å². The van der Waals surface area contributed by atoms with Crippen LogP contribution in [0.1, 0.15) is 13.8 Å². The summed E-state index contributed by atoms with van der Waals surface area (Å²) >= 11 is 0. The summed E-state index contributed by atoms with van der Waals surface area (Å²) in [5.41, 5.74) is 0.876. The average molecular weight is 271 g/mol. The third kappa shape index (κ3) is 5.81. The molecule has 0 saturated carbocycles. The standard InChI is InChI=1S/C12H19NO4.C2H6/c1-13-11-4-3-10(5-12(11)16-2)17-8-9(6-14)7-15;1-2/h3-5,9,13-15H,6-8H2,1-2H3;1-2H3. The molecule has 0 saturated heterocycles. The van der Waals surface area contributed by atoms with Crippen LogP contribution in [0, 0.1) is 5.92 Å². The van der Waals surface area contributed by atoms with E-state index in [4.69, 9.17) is 19.7 Å². The van der Waals surface area contributed by atoms with Crippen molar-refractivity contribution < 1.29 is 19.7 Å². The van der Waals surface area contributed by atoms with Crippen molar-refractivity contribution in [3.05, 3.63) is 18.2 Å². The fourth-order valence-corrected chi connectivity index (χ4v) is 1.35. The highest BCUT2D eigenvalue weighted by Crippen LogP contribution is 2.28. The molecule has 0 aliphatic heterocycles. The molecular weight excluding hydrogens is 246 g/mol. The van der Waals surface area contributed by atoms with Gasteiger partial charge in [0.15, 0.2) is 0 Å². The van der Waals surface area contributed by atoms with Crippen molar-refractivity contribution in [2.75, 3.05) is 39.3 Å². The third-order valence-electron chi connectivity index (χ3n) is 2.44. The van der Waals surface area contributed by atoms with Gasteiger partial charge in [-0.1, -0.05) is 13.8 Å². The van der Waals surface area contributed by atoms with E-state index in [1.54, 1.807) is 19.2 Å². The van der Waals surface area contributed by atoms with Gasteiger partial charge in [-0.2, -0.15) is 0 Å². The van der Waals surface area contributed by atoms with Crippen LogP contribution in [0.4, 0.5) is 5.69 Å². The molecule has 0 amide bonds. The maximum absolute atomic E-state index is 8.91. The van der Waals surface area contributed by atoms with Crippen molar-refractivity contribution >= 4 is 5.69 Å². The lowest BCUT2D eigenvalue weighted by Gasteiger charge is -2.14. The highest BCUT2D eigenvalue weighted by molar-refractivity contribution is 5.58. The third-order valence-corrected chi connectivity index (χ3v) is 2.44. The Bertz CT molecular complexity index is 340. The number of ether oxygens (including phenoxy) is 2. The Morgan fingerprint density at radius 3 is 2.32 bits per heavy atom. The molecule has 3 N–H and O–H groups in total. The monoisotopic (exact) mass is 271 g/mol. The minimum atomic E-state index is -0.259. The van der Waals surface area contributed by atoms with Gasteiger partial charge >= 0.3 is 0 Å². The van der Waals surface area contributed by atoms with E-state index in [1.165, 1.54) is 0 Å². The van der Waals surface area contributed by atoms with Gasteiger partial charge in [-0.05, 0) is 12.1 Å². The zero-order chi connectivity index (χ0) is 14.7. The Morgan fingerprint density at radius 2 is 1.84 bits per heavy atom. The number of nitrogens with one attached hydrogen (secondary N) is 1. The fourth-order valence-electron chi connectivity index (χ4n) is 1.35. The smallest absolute Gasteiger partial charge is 0.145 e. The zero-order valence-electron chi connectivity index (χ0n) is 12.1. The first-order valence-electron chi connectivity index (χ1n) is 6.45. The van der Waals surface area contributed by atoms with Crippen molar-refractivity contribution in [3.8, 4) is 11.5 Å². The van der Waals surface area contributed by atoms with E-state index in [0.717, 1.165) is 5.69 Å². The lowest BCUT2D eigenvalue weighted by atomic mass is 10.2. The Kier molecular flexibility index (Phi) is 9.66. The number of aliphatic hydroxyl groups is 2. The summed E-state index contributed by atoms with van der Waals surface area (Å²) in [7, 11) is 3.40. The second-order valence-electron chi connectivity index (χ2n) is 3.65. The van der Waals surface area contributed by atoms with Crippen LogP contribution in [0.25, 0.3) is 0 Å². The van der Waals surface area contributed by atoms with Crippen LogP contribution in [0.2, 0.25) is 0 Å².